The van der Waals surface area contributed by atoms with Crippen molar-refractivity contribution < 1.29 is 5.21 Å². The molecule has 0 aliphatic heterocycles. The van der Waals surface area contributed by atoms with Gasteiger partial charge in [0.2, 0.25) is 0 Å². The molecule has 1 aromatic carbocycles. The summed E-state index contributed by atoms with van der Waals surface area (Å²) in [5.41, 5.74) is 8.71. The van der Waals surface area contributed by atoms with Gasteiger partial charge in [0, 0.05) is 28.9 Å². The fraction of sp³-hybridized carbons (Fsp3) is 0.267. The van der Waals surface area contributed by atoms with Gasteiger partial charge < -0.3 is 15.8 Å². The molecule has 0 saturated heterocycles. The molecule has 0 amide bonds. The first kappa shape index (κ1) is 14.2. The summed E-state index contributed by atoms with van der Waals surface area (Å²) in [7, 11) is 0. The van der Waals surface area contributed by atoms with Crippen molar-refractivity contribution in [1.29, 1.82) is 0 Å². The molecule has 1 aliphatic carbocycles. The fourth-order valence-electron chi connectivity index (χ4n) is 2.39. The lowest BCUT2D eigenvalue weighted by Gasteiger charge is -2.27. The number of benzene rings is 1. The largest absolute Gasteiger partial charge is 0.409 e. The second-order valence-corrected chi connectivity index (χ2v) is 6.35. The molecule has 1 saturated carbocycles. The zero-order valence-electron chi connectivity index (χ0n) is 11.4. The molecular weight excluding hydrogens is 306 g/mol. The van der Waals surface area contributed by atoms with Gasteiger partial charge in [0.05, 0.1) is 0 Å². The summed E-state index contributed by atoms with van der Waals surface area (Å²) < 4.78 is 0. The summed E-state index contributed by atoms with van der Waals surface area (Å²) in [4.78, 5) is 2.29. The van der Waals surface area contributed by atoms with Crippen molar-refractivity contribution in [2.24, 2.45) is 10.9 Å². The van der Waals surface area contributed by atoms with E-state index in [-0.39, 0.29) is 5.84 Å². The fourth-order valence-corrected chi connectivity index (χ4v) is 3.22. The van der Waals surface area contributed by atoms with Crippen LogP contribution in [0.25, 0.3) is 0 Å². The smallest absolute Gasteiger partial charge is 0.172 e. The van der Waals surface area contributed by atoms with Gasteiger partial charge in [0.25, 0.3) is 0 Å². The highest BCUT2D eigenvalue weighted by Gasteiger charge is 2.31. The number of nitrogens with zero attached hydrogens (tertiary/aromatic N) is 2. The number of rotatable bonds is 5. The third kappa shape index (κ3) is 3.14. The van der Waals surface area contributed by atoms with Crippen LogP contribution in [0.15, 0.2) is 40.2 Å². The molecule has 0 atom stereocenters. The van der Waals surface area contributed by atoms with Gasteiger partial charge in [-0.15, -0.1) is 0 Å². The van der Waals surface area contributed by atoms with Crippen molar-refractivity contribution >= 4 is 34.5 Å². The molecule has 2 aromatic rings. The Bertz CT molecular complexity index is 653. The van der Waals surface area contributed by atoms with Crippen molar-refractivity contribution in [3.63, 3.8) is 0 Å². The monoisotopic (exact) mass is 321 g/mol. The molecule has 0 spiro atoms. The molecule has 4 nitrogen and oxygen atoms in total. The molecule has 3 N–H and O–H groups in total. The van der Waals surface area contributed by atoms with Crippen molar-refractivity contribution in [2.75, 3.05) is 4.90 Å². The topological polar surface area (TPSA) is 61.9 Å². The van der Waals surface area contributed by atoms with Crippen LogP contribution < -0.4 is 10.6 Å². The third-order valence-electron chi connectivity index (χ3n) is 3.57. The average molecular weight is 322 g/mol. The molecule has 1 heterocycles. The number of anilines is 1. The molecule has 6 heteroatoms. The van der Waals surface area contributed by atoms with Crippen LogP contribution in [0.1, 0.15) is 24.0 Å². The first-order valence-corrected chi connectivity index (χ1v) is 8.06. The maximum absolute atomic E-state index is 8.99. The quantitative estimate of drug-likeness (QED) is 0.382. The van der Waals surface area contributed by atoms with Crippen molar-refractivity contribution in [3.05, 3.63) is 51.2 Å². The molecule has 0 unspecified atom stereocenters. The van der Waals surface area contributed by atoms with Crippen LogP contribution in [0.4, 0.5) is 5.69 Å². The maximum Gasteiger partial charge on any atom is 0.172 e. The van der Waals surface area contributed by atoms with Gasteiger partial charge in [-0.25, -0.2) is 0 Å². The lowest BCUT2D eigenvalue weighted by atomic mass is 10.1. The van der Waals surface area contributed by atoms with E-state index in [1.54, 1.807) is 23.5 Å². The van der Waals surface area contributed by atoms with Crippen LogP contribution in [0, 0.1) is 0 Å². The standard InChI is InChI=1S/C15H16ClN3OS/c16-11-1-4-13(15(17)18-20)14(7-11)19(12-2-3-12)8-10-5-6-21-9-10/h1,4-7,9,12,20H,2-3,8H2,(H2,17,18). The Labute approximate surface area is 132 Å². The molecule has 1 aromatic heterocycles. The zero-order chi connectivity index (χ0) is 14.8. The van der Waals surface area contributed by atoms with Crippen LogP contribution in [-0.4, -0.2) is 17.1 Å². The molecule has 3 rings (SSSR count). The summed E-state index contributed by atoms with van der Waals surface area (Å²) >= 11 is 7.83. The molecule has 110 valence electrons. The van der Waals surface area contributed by atoms with E-state index in [1.165, 1.54) is 5.56 Å². The zero-order valence-corrected chi connectivity index (χ0v) is 12.9. The maximum atomic E-state index is 8.99. The molecular formula is C15H16ClN3OS. The van der Waals surface area contributed by atoms with Crippen LogP contribution in [0.2, 0.25) is 5.02 Å². The number of hydrogen-bond acceptors (Lipinski definition) is 4. The van der Waals surface area contributed by atoms with Crippen molar-refractivity contribution in [3.8, 4) is 0 Å². The summed E-state index contributed by atoms with van der Waals surface area (Å²) in [6.45, 7) is 0.806. The van der Waals surface area contributed by atoms with E-state index in [9.17, 15) is 0 Å². The first-order valence-electron chi connectivity index (χ1n) is 6.74. The van der Waals surface area contributed by atoms with Gasteiger partial charge >= 0.3 is 0 Å². The Morgan fingerprint density at radius 1 is 1.43 bits per heavy atom. The summed E-state index contributed by atoms with van der Waals surface area (Å²) in [5.74, 6) is 0.109. The highest BCUT2D eigenvalue weighted by molar-refractivity contribution is 7.07. The second kappa shape index (κ2) is 5.95. The van der Waals surface area contributed by atoms with Crippen molar-refractivity contribution in [1.82, 2.24) is 0 Å². The van der Waals surface area contributed by atoms with Crippen molar-refractivity contribution in [2.45, 2.75) is 25.4 Å². The van der Waals surface area contributed by atoms with Crippen LogP contribution in [0.3, 0.4) is 0 Å². The van der Waals surface area contributed by atoms with Gasteiger partial charge in [-0.1, -0.05) is 16.8 Å². The van der Waals surface area contributed by atoms with Crippen LogP contribution in [-0.2, 0) is 6.54 Å². The van der Waals surface area contributed by atoms with E-state index in [4.69, 9.17) is 22.5 Å². The number of hydrogen-bond donors (Lipinski definition) is 2. The Morgan fingerprint density at radius 2 is 2.24 bits per heavy atom. The Balaban J connectivity index is 2.00. The number of nitrogens with two attached hydrogens (primary N) is 1. The lowest BCUT2D eigenvalue weighted by Crippen LogP contribution is -2.28. The van der Waals surface area contributed by atoms with Crippen LogP contribution in [0.5, 0.6) is 0 Å². The Hall–Kier alpha value is -1.72. The van der Waals surface area contributed by atoms with E-state index in [0.29, 0.717) is 16.6 Å². The Morgan fingerprint density at radius 3 is 2.86 bits per heavy atom. The SMILES string of the molecule is NC(=NO)c1ccc(Cl)cc1N(Cc1ccsc1)C1CC1. The number of amidine groups is 1. The summed E-state index contributed by atoms with van der Waals surface area (Å²) in [6.07, 6.45) is 2.32. The molecule has 1 fully saturated rings. The van der Waals surface area contributed by atoms with E-state index in [1.807, 2.05) is 6.07 Å². The first-order chi connectivity index (χ1) is 10.2. The minimum absolute atomic E-state index is 0.109. The normalized spacial score (nSPS) is 15.2. The van der Waals surface area contributed by atoms with E-state index in [0.717, 1.165) is 25.1 Å². The average Bonchev–Trinajstić information content (AvgIpc) is 3.20. The minimum Gasteiger partial charge on any atom is -0.409 e. The summed E-state index contributed by atoms with van der Waals surface area (Å²) in [6, 6.07) is 8.06. The van der Waals surface area contributed by atoms with Gasteiger partial charge in [-0.2, -0.15) is 11.3 Å². The van der Waals surface area contributed by atoms with Gasteiger partial charge in [-0.3, -0.25) is 0 Å². The van der Waals surface area contributed by atoms with Gasteiger partial charge in [-0.05, 0) is 53.4 Å². The second-order valence-electron chi connectivity index (χ2n) is 5.14. The predicted molar refractivity (Wildman–Crippen MR) is 87.5 cm³/mol. The van der Waals surface area contributed by atoms with Crippen LogP contribution >= 0.6 is 22.9 Å². The Kier molecular flexibility index (Phi) is 4.03. The lowest BCUT2D eigenvalue weighted by molar-refractivity contribution is 0.318. The minimum atomic E-state index is 0.109. The van der Waals surface area contributed by atoms with E-state index < -0.39 is 0 Å². The number of halogens is 1. The predicted octanol–water partition coefficient (Wildman–Crippen LogP) is 3.67. The van der Waals surface area contributed by atoms with E-state index in [2.05, 4.69) is 26.9 Å². The molecule has 1 aliphatic rings. The number of thiophene rings is 1. The van der Waals surface area contributed by atoms with Gasteiger partial charge in [0.15, 0.2) is 5.84 Å². The van der Waals surface area contributed by atoms with E-state index >= 15 is 0 Å². The highest BCUT2D eigenvalue weighted by Crippen LogP contribution is 2.36. The molecule has 0 bridgehead atoms. The summed E-state index contributed by atoms with van der Waals surface area (Å²) in [5, 5.41) is 17.0. The number of oxime groups is 1. The molecule has 0 radical (unpaired) electrons. The third-order valence-corrected chi connectivity index (χ3v) is 4.54. The highest BCUT2D eigenvalue weighted by atomic mass is 35.5. The van der Waals surface area contributed by atoms with Gasteiger partial charge in [0.1, 0.15) is 0 Å². The molecule has 21 heavy (non-hydrogen) atoms.